The molecule has 0 unspecified atom stereocenters. The number of hydrogen-bond donors (Lipinski definition) is 2. The standard InChI is InChI=1S/C33H31F2N3O7S2/c1-43-24-16-22(30(45-15-12-37-10-13-44-14-11-37)25(19-24)21-4-7-26(34)27(35)17-21)18-28-31(40)38(33(46)47-28)9-8-29(39)36-23-5-2-20(3-6-23)32(41)42/h2-7,16-19H,8-15H2,1H3,(H,36,39)(H,41,42). The number of morpholine rings is 1. The number of anilines is 1. The van der Waals surface area contributed by atoms with Gasteiger partial charge in [0, 0.05) is 49.4 Å². The van der Waals surface area contributed by atoms with Crippen molar-refractivity contribution in [1.82, 2.24) is 9.80 Å². The number of amides is 2. The van der Waals surface area contributed by atoms with Crippen LogP contribution in [-0.2, 0) is 14.3 Å². The Kier molecular flexibility index (Phi) is 11.2. The number of carbonyl (C=O) groups is 3. The van der Waals surface area contributed by atoms with Crippen molar-refractivity contribution in [3.8, 4) is 22.6 Å². The van der Waals surface area contributed by atoms with E-state index in [4.69, 9.17) is 31.5 Å². The van der Waals surface area contributed by atoms with E-state index in [1.807, 2.05) is 0 Å². The summed E-state index contributed by atoms with van der Waals surface area (Å²) in [6.07, 6.45) is 1.55. The van der Waals surface area contributed by atoms with Crippen LogP contribution in [0, 0.1) is 11.6 Å². The fourth-order valence-electron chi connectivity index (χ4n) is 4.96. The minimum Gasteiger partial charge on any atom is -0.497 e. The maximum Gasteiger partial charge on any atom is 0.335 e. The van der Waals surface area contributed by atoms with Crippen LogP contribution in [0.3, 0.4) is 0 Å². The Labute approximate surface area is 279 Å². The molecule has 2 saturated heterocycles. The molecular weight excluding hydrogens is 653 g/mol. The number of rotatable bonds is 12. The Balaban J connectivity index is 1.37. The number of carbonyl (C=O) groups excluding carboxylic acids is 2. The minimum absolute atomic E-state index is 0.0160. The van der Waals surface area contributed by atoms with Gasteiger partial charge in [0.2, 0.25) is 5.91 Å². The van der Waals surface area contributed by atoms with Crippen LogP contribution in [0.25, 0.3) is 17.2 Å². The number of nitrogens with one attached hydrogen (secondary N) is 1. The van der Waals surface area contributed by atoms with Crippen molar-refractivity contribution >= 4 is 57.8 Å². The Morgan fingerprint density at radius 1 is 1.06 bits per heavy atom. The van der Waals surface area contributed by atoms with Gasteiger partial charge in [-0.1, -0.05) is 30.0 Å². The van der Waals surface area contributed by atoms with Crippen LogP contribution < -0.4 is 14.8 Å². The molecule has 2 aliphatic heterocycles. The van der Waals surface area contributed by atoms with E-state index in [2.05, 4.69) is 10.2 Å². The quantitative estimate of drug-likeness (QED) is 0.193. The molecule has 0 atom stereocenters. The van der Waals surface area contributed by atoms with Crippen LogP contribution in [0.4, 0.5) is 14.5 Å². The van der Waals surface area contributed by atoms with E-state index in [1.165, 1.54) is 42.3 Å². The number of benzene rings is 3. The average molecular weight is 684 g/mol. The lowest BCUT2D eigenvalue weighted by Crippen LogP contribution is -2.38. The Hall–Kier alpha value is -4.37. The summed E-state index contributed by atoms with van der Waals surface area (Å²) in [7, 11) is 1.47. The summed E-state index contributed by atoms with van der Waals surface area (Å²) < 4.78 is 45.7. The number of thioether (sulfide) groups is 1. The van der Waals surface area contributed by atoms with Crippen molar-refractivity contribution in [1.29, 1.82) is 0 Å². The molecule has 0 aromatic heterocycles. The monoisotopic (exact) mass is 683 g/mol. The molecule has 3 aromatic rings. The zero-order valence-electron chi connectivity index (χ0n) is 25.3. The topological polar surface area (TPSA) is 118 Å². The molecule has 3 aromatic carbocycles. The van der Waals surface area contributed by atoms with E-state index in [0.717, 1.165) is 37.0 Å². The molecule has 2 aliphatic rings. The summed E-state index contributed by atoms with van der Waals surface area (Å²) in [5.41, 5.74) is 1.77. The number of hydrogen-bond acceptors (Lipinski definition) is 9. The molecule has 0 spiro atoms. The zero-order valence-corrected chi connectivity index (χ0v) is 26.9. The Bertz CT molecular complexity index is 1710. The number of halogens is 2. The molecule has 14 heteroatoms. The second kappa shape index (κ2) is 15.5. The zero-order chi connectivity index (χ0) is 33.5. The van der Waals surface area contributed by atoms with Crippen LogP contribution in [0.15, 0.2) is 59.5 Å². The van der Waals surface area contributed by atoms with Gasteiger partial charge in [-0.15, -0.1) is 0 Å². The van der Waals surface area contributed by atoms with E-state index in [9.17, 15) is 23.2 Å². The Morgan fingerprint density at radius 3 is 2.49 bits per heavy atom. The van der Waals surface area contributed by atoms with Crippen molar-refractivity contribution < 1.29 is 42.5 Å². The molecule has 2 heterocycles. The number of aromatic carboxylic acids is 1. The third-order valence-corrected chi connectivity index (χ3v) is 8.83. The predicted molar refractivity (Wildman–Crippen MR) is 178 cm³/mol. The smallest absolute Gasteiger partial charge is 0.335 e. The summed E-state index contributed by atoms with van der Waals surface area (Å²) in [5, 5.41) is 11.7. The number of methoxy groups -OCH3 is 1. The highest BCUT2D eigenvalue weighted by atomic mass is 32.2. The number of nitrogens with zero attached hydrogens (tertiary/aromatic N) is 2. The molecule has 0 saturated carbocycles. The molecule has 0 aliphatic carbocycles. The van der Waals surface area contributed by atoms with Crippen molar-refractivity contribution in [3.63, 3.8) is 0 Å². The van der Waals surface area contributed by atoms with Crippen LogP contribution in [0.2, 0.25) is 0 Å². The van der Waals surface area contributed by atoms with E-state index in [0.29, 0.717) is 53.6 Å². The average Bonchev–Trinajstić information content (AvgIpc) is 3.33. The van der Waals surface area contributed by atoms with Gasteiger partial charge in [-0.3, -0.25) is 19.4 Å². The molecule has 2 fully saturated rings. The van der Waals surface area contributed by atoms with Crippen molar-refractivity contribution in [3.05, 3.63) is 82.3 Å². The first-order chi connectivity index (χ1) is 22.6. The first kappa shape index (κ1) is 34.0. The molecular formula is C33H31F2N3O7S2. The summed E-state index contributed by atoms with van der Waals surface area (Å²) in [6, 6.07) is 12.6. The summed E-state index contributed by atoms with van der Waals surface area (Å²) >= 11 is 6.54. The van der Waals surface area contributed by atoms with E-state index >= 15 is 0 Å². The highest BCUT2D eigenvalue weighted by Crippen LogP contribution is 2.41. The number of thiocarbonyl (C=S) groups is 1. The maximum absolute atomic E-state index is 14.3. The van der Waals surface area contributed by atoms with Crippen molar-refractivity contribution in [2.45, 2.75) is 6.42 Å². The predicted octanol–water partition coefficient (Wildman–Crippen LogP) is 5.28. The lowest BCUT2D eigenvalue weighted by atomic mass is 10.00. The van der Waals surface area contributed by atoms with Gasteiger partial charge < -0.3 is 24.6 Å². The number of carboxylic acid groups (broad SMARTS) is 1. The normalized spacial score (nSPS) is 16.1. The van der Waals surface area contributed by atoms with Crippen LogP contribution in [0.5, 0.6) is 11.5 Å². The molecule has 2 N–H and O–H groups in total. The molecule has 0 bridgehead atoms. The fraction of sp³-hybridized carbons (Fsp3) is 0.273. The van der Waals surface area contributed by atoms with Gasteiger partial charge in [0.15, 0.2) is 11.6 Å². The summed E-state index contributed by atoms with van der Waals surface area (Å²) in [5.74, 6) is -3.12. The lowest BCUT2D eigenvalue weighted by molar-refractivity contribution is -0.122. The third kappa shape index (κ3) is 8.51. The second-order valence-corrected chi connectivity index (χ2v) is 12.2. The number of ether oxygens (including phenoxy) is 3. The maximum atomic E-state index is 14.3. The van der Waals surface area contributed by atoms with Gasteiger partial charge in [0.1, 0.15) is 22.4 Å². The molecule has 0 radical (unpaired) electrons. The van der Waals surface area contributed by atoms with E-state index < -0.39 is 23.5 Å². The fourth-order valence-corrected chi connectivity index (χ4v) is 6.26. The highest BCUT2D eigenvalue weighted by Gasteiger charge is 2.33. The largest absolute Gasteiger partial charge is 0.497 e. The van der Waals surface area contributed by atoms with Gasteiger partial charge in [0.05, 0.1) is 30.8 Å². The van der Waals surface area contributed by atoms with Crippen molar-refractivity contribution in [2.75, 3.05) is 58.4 Å². The van der Waals surface area contributed by atoms with Gasteiger partial charge in [-0.25, -0.2) is 13.6 Å². The molecule has 246 valence electrons. The van der Waals surface area contributed by atoms with Crippen molar-refractivity contribution in [2.24, 2.45) is 0 Å². The minimum atomic E-state index is -1.08. The second-order valence-electron chi connectivity index (χ2n) is 10.5. The Morgan fingerprint density at radius 2 is 1.81 bits per heavy atom. The van der Waals surface area contributed by atoms with E-state index in [-0.39, 0.29) is 40.3 Å². The summed E-state index contributed by atoms with van der Waals surface area (Å²) in [6.45, 7) is 3.65. The van der Waals surface area contributed by atoms with Gasteiger partial charge in [-0.2, -0.15) is 0 Å². The SMILES string of the molecule is COc1cc(C=C2SC(=S)N(CCC(=O)Nc3ccc(C(=O)O)cc3)C2=O)c(OCCN2CCOCC2)c(-c2ccc(F)c(F)c2)c1. The van der Waals surface area contributed by atoms with Gasteiger partial charge in [0.25, 0.3) is 5.91 Å². The molecule has 2 amide bonds. The van der Waals surface area contributed by atoms with Crippen LogP contribution in [0.1, 0.15) is 22.3 Å². The van der Waals surface area contributed by atoms with Gasteiger partial charge >= 0.3 is 5.97 Å². The molecule has 47 heavy (non-hydrogen) atoms. The first-order valence-corrected chi connectivity index (χ1v) is 15.8. The summed E-state index contributed by atoms with van der Waals surface area (Å²) in [4.78, 5) is 41.0. The van der Waals surface area contributed by atoms with Crippen LogP contribution >= 0.6 is 24.0 Å². The van der Waals surface area contributed by atoms with Crippen LogP contribution in [-0.4, -0.2) is 90.1 Å². The third-order valence-electron chi connectivity index (χ3n) is 7.45. The van der Waals surface area contributed by atoms with E-state index in [1.54, 1.807) is 18.2 Å². The van der Waals surface area contributed by atoms with Gasteiger partial charge in [-0.05, 0) is 60.2 Å². The lowest BCUT2D eigenvalue weighted by Gasteiger charge is -2.26. The molecule has 5 rings (SSSR count). The highest BCUT2D eigenvalue weighted by molar-refractivity contribution is 8.26. The molecule has 10 nitrogen and oxygen atoms in total. The first-order valence-electron chi connectivity index (χ1n) is 14.6. The number of carboxylic acids is 1.